The van der Waals surface area contributed by atoms with Gasteiger partial charge in [-0.1, -0.05) is 54.9 Å². The summed E-state index contributed by atoms with van der Waals surface area (Å²) >= 11 is 5.98. The van der Waals surface area contributed by atoms with Gasteiger partial charge < -0.3 is 4.74 Å². The van der Waals surface area contributed by atoms with Gasteiger partial charge in [-0.15, -0.1) is 0 Å². The Morgan fingerprint density at radius 1 is 1.25 bits per heavy atom. The summed E-state index contributed by atoms with van der Waals surface area (Å²) in [6.07, 6.45) is 0.242. The molecule has 5 heteroatoms. The molecule has 1 amide bonds. The first kappa shape index (κ1) is 14.3. The van der Waals surface area contributed by atoms with E-state index in [1.165, 1.54) is 0 Å². The zero-order valence-electron chi connectivity index (χ0n) is 11.1. The lowest BCUT2D eigenvalue weighted by atomic mass is 10.2. The maximum absolute atomic E-state index is 11.6. The SMILES string of the molecule is CCc1ccc(NC(=O)OCc2ccccc2)nc1Cl. The van der Waals surface area contributed by atoms with E-state index in [1.54, 1.807) is 6.07 Å². The van der Waals surface area contributed by atoms with Gasteiger partial charge in [0.25, 0.3) is 0 Å². The van der Waals surface area contributed by atoms with Crippen molar-refractivity contribution >= 4 is 23.5 Å². The minimum absolute atomic E-state index is 0.216. The Morgan fingerprint density at radius 2 is 2.00 bits per heavy atom. The van der Waals surface area contributed by atoms with Crippen LogP contribution in [0.15, 0.2) is 42.5 Å². The second-order valence-electron chi connectivity index (χ2n) is 4.19. The molecule has 0 bridgehead atoms. The predicted octanol–water partition coefficient (Wildman–Crippen LogP) is 4.05. The van der Waals surface area contributed by atoms with Crippen LogP contribution in [0.3, 0.4) is 0 Å². The fourth-order valence-electron chi connectivity index (χ4n) is 1.66. The summed E-state index contributed by atoms with van der Waals surface area (Å²) in [5, 5.41) is 2.94. The molecule has 0 atom stereocenters. The molecular formula is C15H15ClN2O2. The van der Waals surface area contributed by atoms with E-state index in [0.29, 0.717) is 11.0 Å². The summed E-state index contributed by atoms with van der Waals surface area (Å²) in [6, 6.07) is 13.0. The molecule has 1 aromatic carbocycles. The molecule has 0 unspecified atom stereocenters. The number of hydrogen-bond acceptors (Lipinski definition) is 3. The number of hydrogen-bond donors (Lipinski definition) is 1. The van der Waals surface area contributed by atoms with Crippen LogP contribution in [0, 0.1) is 0 Å². The molecule has 0 aliphatic heterocycles. The minimum atomic E-state index is -0.554. The summed E-state index contributed by atoms with van der Waals surface area (Å²) in [5.41, 5.74) is 1.87. The van der Waals surface area contributed by atoms with E-state index in [4.69, 9.17) is 16.3 Å². The second-order valence-corrected chi connectivity index (χ2v) is 4.54. The van der Waals surface area contributed by atoms with E-state index in [0.717, 1.165) is 17.5 Å². The quantitative estimate of drug-likeness (QED) is 0.864. The van der Waals surface area contributed by atoms with E-state index < -0.39 is 6.09 Å². The van der Waals surface area contributed by atoms with Crippen molar-refractivity contribution in [2.24, 2.45) is 0 Å². The molecule has 1 N–H and O–H groups in total. The molecule has 0 aliphatic carbocycles. The molecule has 0 saturated heterocycles. The van der Waals surface area contributed by atoms with Crippen molar-refractivity contribution in [2.45, 2.75) is 20.0 Å². The van der Waals surface area contributed by atoms with Crippen molar-refractivity contribution in [2.75, 3.05) is 5.32 Å². The highest BCUT2D eigenvalue weighted by Gasteiger charge is 2.07. The zero-order chi connectivity index (χ0) is 14.4. The number of rotatable bonds is 4. The molecule has 20 heavy (non-hydrogen) atoms. The second kappa shape index (κ2) is 6.91. The number of ether oxygens (including phenoxy) is 1. The zero-order valence-corrected chi connectivity index (χ0v) is 11.9. The number of pyridine rings is 1. The van der Waals surface area contributed by atoms with Gasteiger partial charge >= 0.3 is 6.09 Å². The molecular weight excluding hydrogens is 276 g/mol. The number of aryl methyl sites for hydroxylation is 1. The Morgan fingerprint density at radius 3 is 2.65 bits per heavy atom. The number of benzene rings is 1. The minimum Gasteiger partial charge on any atom is -0.444 e. The number of aromatic nitrogens is 1. The van der Waals surface area contributed by atoms with Crippen molar-refractivity contribution in [1.29, 1.82) is 0 Å². The first-order valence-electron chi connectivity index (χ1n) is 6.32. The Kier molecular flexibility index (Phi) is 4.96. The Hall–Kier alpha value is -2.07. The number of amides is 1. The summed E-state index contributed by atoms with van der Waals surface area (Å²) < 4.78 is 5.10. The van der Waals surface area contributed by atoms with Crippen molar-refractivity contribution in [3.63, 3.8) is 0 Å². The molecule has 1 heterocycles. The van der Waals surface area contributed by atoms with Crippen LogP contribution in [0.5, 0.6) is 0 Å². The van der Waals surface area contributed by atoms with Crippen molar-refractivity contribution in [1.82, 2.24) is 4.98 Å². The van der Waals surface area contributed by atoms with E-state index in [1.807, 2.05) is 43.3 Å². The maximum Gasteiger partial charge on any atom is 0.413 e. The van der Waals surface area contributed by atoms with Crippen LogP contribution in [-0.4, -0.2) is 11.1 Å². The number of nitrogens with zero attached hydrogens (tertiary/aromatic N) is 1. The van der Waals surface area contributed by atoms with Crippen LogP contribution in [0.2, 0.25) is 5.15 Å². The fraction of sp³-hybridized carbons (Fsp3) is 0.200. The average Bonchev–Trinajstić information content (AvgIpc) is 2.46. The van der Waals surface area contributed by atoms with Crippen LogP contribution < -0.4 is 5.32 Å². The standard InChI is InChI=1S/C15H15ClN2O2/c1-2-12-8-9-13(17-14(12)16)18-15(19)20-10-11-6-4-3-5-7-11/h3-9H,2,10H2,1H3,(H,17,18,19). The highest BCUT2D eigenvalue weighted by Crippen LogP contribution is 2.17. The van der Waals surface area contributed by atoms with E-state index in [2.05, 4.69) is 10.3 Å². The molecule has 0 fully saturated rings. The van der Waals surface area contributed by atoms with Crippen LogP contribution in [0.25, 0.3) is 0 Å². The van der Waals surface area contributed by atoms with Crippen molar-refractivity contribution in [3.8, 4) is 0 Å². The third-order valence-corrected chi connectivity index (χ3v) is 3.08. The summed E-state index contributed by atoms with van der Waals surface area (Å²) in [7, 11) is 0. The number of anilines is 1. The molecule has 4 nitrogen and oxygen atoms in total. The highest BCUT2D eigenvalue weighted by molar-refractivity contribution is 6.30. The topological polar surface area (TPSA) is 51.2 Å². The van der Waals surface area contributed by atoms with Gasteiger partial charge in [-0.2, -0.15) is 0 Å². The molecule has 2 aromatic rings. The third-order valence-electron chi connectivity index (χ3n) is 2.75. The van der Waals surface area contributed by atoms with Crippen LogP contribution in [-0.2, 0) is 17.8 Å². The summed E-state index contributed by atoms with van der Waals surface area (Å²) in [6.45, 7) is 2.21. The lowest BCUT2D eigenvalue weighted by molar-refractivity contribution is 0.155. The molecule has 0 saturated carbocycles. The number of nitrogens with one attached hydrogen (secondary N) is 1. The lowest BCUT2D eigenvalue weighted by Crippen LogP contribution is -2.14. The monoisotopic (exact) mass is 290 g/mol. The highest BCUT2D eigenvalue weighted by atomic mass is 35.5. The number of carbonyl (C=O) groups excluding carboxylic acids is 1. The molecule has 2 rings (SSSR count). The average molecular weight is 291 g/mol. The molecule has 0 spiro atoms. The van der Waals surface area contributed by atoms with Crippen LogP contribution in [0.1, 0.15) is 18.1 Å². The van der Waals surface area contributed by atoms with Gasteiger partial charge in [0, 0.05) is 0 Å². The Bertz CT molecular complexity index is 588. The van der Waals surface area contributed by atoms with Crippen molar-refractivity contribution in [3.05, 3.63) is 58.7 Å². The van der Waals surface area contributed by atoms with E-state index >= 15 is 0 Å². The van der Waals surface area contributed by atoms with E-state index in [9.17, 15) is 4.79 Å². The molecule has 1 aromatic heterocycles. The Balaban J connectivity index is 1.90. The first-order chi connectivity index (χ1) is 9.69. The summed E-state index contributed by atoms with van der Waals surface area (Å²) in [4.78, 5) is 15.7. The molecule has 0 radical (unpaired) electrons. The Labute approximate surface area is 122 Å². The normalized spacial score (nSPS) is 10.1. The van der Waals surface area contributed by atoms with Gasteiger partial charge in [0.15, 0.2) is 0 Å². The van der Waals surface area contributed by atoms with E-state index in [-0.39, 0.29) is 6.61 Å². The number of carbonyl (C=O) groups is 1. The molecule has 104 valence electrons. The van der Waals surface area contributed by atoms with Gasteiger partial charge in [-0.3, -0.25) is 5.32 Å². The molecule has 0 aliphatic rings. The maximum atomic E-state index is 11.6. The summed E-state index contributed by atoms with van der Waals surface area (Å²) in [5.74, 6) is 0.380. The predicted molar refractivity (Wildman–Crippen MR) is 78.9 cm³/mol. The first-order valence-corrected chi connectivity index (χ1v) is 6.70. The van der Waals surface area contributed by atoms with Crippen LogP contribution in [0.4, 0.5) is 10.6 Å². The van der Waals surface area contributed by atoms with Gasteiger partial charge in [-0.05, 0) is 23.6 Å². The fourth-order valence-corrected chi connectivity index (χ4v) is 1.95. The third kappa shape index (κ3) is 3.96. The smallest absolute Gasteiger partial charge is 0.413 e. The van der Waals surface area contributed by atoms with Gasteiger partial charge in [0.1, 0.15) is 17.6 Å². The van der Waals surface area contributed by atoms with Crippen molar-refractivity contribution < 1.29 is 9.53 Å². The number of halogens is 1. The largest absolute Gasteiger partial charge is 0.444 e. The lowest BCUT2D eigenvalue weighted by Gasteiger charge is -2.08. The van der Waals surface area contributed by atoms with Gasteiger partial charge in [0.2, 0.25) is 0 Å². The van der Waals surface area contributed by atoms with Gasteiger partial charge in [-0.25, -0.2) is 9.78 Å². The van der Waals surface area contributed by atoms with Gasteiger partial charge in [0.05, 0.1) is 0 Å². The van der Waals surface area contributed by atoms with Crippen LogP contribution >= 0.6 is 11.6 Å².